The number of tetrazole rings is 1. The summed E-state index contributed by atoms with van der Waals surface area (Å²) in [7, 11) is 0. The molecule has 0 fully saturated rings. The summed E-state index contributed by atoms with van der Waals surface area (Å²) in [5.74, 6) is -0.479. The number of benzene rings is 2. The number of rotatable bonds is 5. The number of thioether (sulfide) groups is 1. The zero-order chi connectivity index (χ0) is 16.9. The Morgan fingerprint density at radius 1 is 1.17 bits per heavy atom. The second-order valence-corrected chi connectivity index (χ2v) is 6.07. The molecule has 6 nitrogen and oxygen atoms in total. The first-order valence-electron chi connectivity index (χ1n) is 6.84. The molecule has 0 atom stereocenters. The number of carbonyl (C=O) groups is 1. The summed E-state index contributed by atoms with van der Waals surface area (Å²) in [5, 5.41) is 15.2. The Hall–Kier alpha value is -2.45. The second kappa shape index (κ2) is 7.41. The predicted molar refractivity (Wildman–Crippen MR) is 89.9 cm³/mol. The summed E-state index contributed by atoms with van der Waals surface area (Å²) in [6.45, 7) is 0. The van der Waals surface area contributed by atoms with Crippen LogP contribution in [0.2, 0.25) is 5.02 Å². The molecule has 0 aliphatic rings. The van der Waals surface area contributed by atoms with E-state index in [1.807, 2.05) is 0 Å². The average molecular weight is 364 g/mol. The molecular formula is C15H11ClFN5OS. The minimum atomic E-state index is -0.357. The molecule has 2 aromatic carbocycles. The lowest BCUT2D eigenvalue weighted by atomic mass is 10.3. The monoisotopic (exact) mass is 363 g/mol. The van der Waals surface area contributed by atoms with Gasteiger partial charge < -0.3 is 5.32 Å². The lowest BCUT2D eigenvalue weighted by molar-refractivity contribution is -0.113. The van der Waals surface area contributed by atoms with Crippen LogP contribution in [0.25, 0.3) is 5.69 Å². The third-order valence-corrected chi connectivity index (χ3v) is 4.14. The zero-order valence-corrected chi connectivity index (χ0v) is 13.8. The van der Waals surface area contributed by atoms with Gasteiger partial charge >= 0.3 is 0 Å². The van der Waals surface area contributed by atoms with Crippen LogP contribution >= 0.6 is 23.4 Å². The van der Waals surface area contributed by atoms with Crippen molar-refractivity contribution >= 4 is 35.0 Å². The van der Waals surface area contributed by atoms with Gasteiger partial charge in [-0.15, -0.1) is 5.10 Å². The van der Waals surface area contributed by atoms with Gasteiger partial charge in [0.15, 0.2) is 0 Å². The van der Waals surface area contributed by atoms with Gasteiger partial charge in [0.2, 0.25) is 11.1 Å². The standard InChI is InChI=1S/C15H11ClFN5OS/c16-10-1-7-13(8-2-10)22-15(19-20-21-22)24-9-14(23)18-12-5-3-11(17)4-6-12/h1-8H,9H2,(H,18,23). The van der Waals surface area contributed by atoms with Crippen molar-refractivity contribution in [1.82, 2.24) is 20.2 Å². The summed E-state index contributed by atoms with van der Waals surface area (Å²) in [5.41, 5.74) is 1.27. The van der Waals surface area contributed by atoms with Crippen LogP contribution in [-0.2, 0) is 4.79 Å². The number of carbonyl (C=O) groups excluding carboxylic acids is 1. The van der Waals surface area contributed by atoms with E-state index in [0.29, 0.717) is 15.9 Å². The molecule has 24 heavy (non-hydrogen) atoms. The van der Waals surface area contributed by atoms with Crippen LogP contribution in [-0.4, -0.2) is 31.9 Å². The highest BCUT2D eigenvalue weighted by molar-refractivity contribution is 7.99. The molecule has 1 aromatic heterocycles. The molecule has 9 heteroatoms. The normalized spacial score (nSPS) is 10.6. The van der Waals surface area contributed by atoms with Gasteiger partial charge in [-0.25, -0.2) is 4.39 Å². The minimum absolute atomic E-state index is 0.116. The van der Waals surface area contributed by atoms with Crippen molar-refractivity contribution in [2.24, 2.45) is 0 Å². The number of nitrogens with one attached hydrogen (secondary N) is 1. The van der Waals surface area contributed by atoms with E-state index < -0.39 is 0 Å². The highest BCUT2D eigenvalue weighted by Gasteiger charge is 2.11. The fourth-order valence-corrected chi connectivity index (χ4v) is 2.69. The molecule has 122 valence electrons. The number of anilines is 1. The largest absolute Gasteiger partial charge is 0.325 e. The lowest BCUT2D eigenvalue weighted by Crippen LogP contribution is -2.14. The summed E-state index contributed by atoms with van der Waals surface area (Å²) in [6.07, 6.45) is 0. The number of nitrogens with zero attached hydrogens (tertiary/aromatic N) is 4. The SMILES string of the molecule is O=C(CSc1nnnn1-c1ccc(Cl)cc1)Nc1ccc(F)cc1. The molecule has 0 bridgehead atoms. The van der Waals surface area contributed by atoms with Crippen molar-refractivity contribution in [1.29, 1.82) is 0 Å². The molecule has 3 rings (SSSR count). The molecular weight excluding hydrogens is 353 g/mol. The van der Waals surface area contributed by atoms with Gasteiger partial charge in [-0.1, -0.05) is 23.4 Å². The summed E-state index contributed by atoms with van der Waals surface area (Å²) >= 11 is 7.05. The average Bonchev–Trinajstić information content (AvgIpc) is 3.04. The Morgan fingerprint density at radius 3 is 2.58 bits per heavy atom. The highest BCUT2D eigenvalue weighted by atomic mass is 35.5. The number of hydrogen-bond donors (Lipinski definition) is 1. The van der Waals surface area contributed by atoms with E-state index in [2.05, 4.69) is 20.8 Å². The van der Waals surface area contributed by atoms with Crippen molar-refractivity contribution in [2.75, 3.05) is 11.1 Å². The van der Waals surface area contributed by atoms with Crippen molar-refractivity contribution in [3.8, 4) is 5.69 Å². The van der Waals surface area contributed by atoms with Crippen LogP contribution in [0.5, 0.6) is 0 Å². The van der Waals surface area contributed by atoms with E-state index in [1.165, 1.54) is 40.7 Å². The third kappa shape index (κ3) is 4.09. The topological polar surface area (TPSA) is 72.7 Å². The summed E-state index contributed by atoms with van der Waals surface area (Å²) < 4.78 is 14.4. The van der Waals surface area contributed by atoms with E-state index in [-0.39, 0.29) is 17.5 Å². The van der Waals surface area contributed by atoms with Gasteiger partial charge in [-0.3, -0.25) is 4.79 Å². The first-order valence-corrected chi connectivity index (χ1v) is 8.21. The van der Waals surface area contributed by atoms with Crippen LogP contribution in [0.3, 0.4) is 0 Å². The van der Waals surface area contributed by atoms with Gasteiger partial charge in [0.1, 0.15) is 5.82 Å². The number of aromatic nitrogens is 4. The zero-order valence-electron chi connectivity index (χ0n) is 12.2. The molecule has 0 spiro atoms. The molecule has 0 saturated carbocycles. The Balaban J connectivity index is 1.63. The van der Waals surface area contributed by atoms with E-state index >= 15 is 0 Å². The van der Waals surface area contributed by atoms with Gasteiger partial charge in [-0.05, 0) is 59.0 Å². The van der Waals surface area contributed by atoms with Crippen molar-refractivity contribution in [3.63, 3.8) is 0 Å². The summed E-state index contributed by atoms with van der Waals surface area (Å²) in [6, 6.07) is 12.6. The Kier molecular flexibility index (Phi) is 5.07. The Morgan fingerprint density at radius 2 is 1.88 bits per heavy atom. The van der Waals surface area contributed by atoms with Crippen LogP contribution < -0.4 is 5.32 Å². The predicted octanol–water partition coefficient (Wildman–Crippen LogP) is 3.19. The van der Waals surface area contributed by atoms with Gasteiger partial charge in [-0.2, -0.15) is 4.68 Å². The summed E-state index contributed by atoms with van der Waals surface area (Å²) in [4.78, 5) is 12.0. The highest BCUT2D eigenvalue weighted by Crippen LogP contribution is 2.20. The second-order valence-electron chi connectivity index (χ2n) is 4.69. The molecule has 0 unspecified atom stereocenters. The van der Waals surface area contributed by atoms with Crippen molar-refractivity contribution in [3.05, 3.63) is 59.4 Å². The van der Waals surface area contributed by atoms with Gasteiger partial charge in [0.25, 0.3) is 0 Å². The molecule has 0 aliphatic carbocycles. The Labute approximate surface area is 146 Å². The van der Waals surface area contributed by atoms with Crippen LogP contribution in [0.4, 0.5) is 10.1 Å². The first-order chi connectivity index (χ1) is 11.6. The quantitative estimate of drug-likeness (QED) is 0.705. The maximum Gasteiger partial charge on any atom is 0.234 e. The molecule has 1 N–H and O–H groups in total. The van der Waals surface area contributed by atoms with Crippen LogP contribution in [0.1, 0.15) is 0 Å². The lowest BCUT2D eigenvalue weighted by Gasteiger charge is -2.06. The van der Waals surface area contributed by atoms with Crippen LogP contribution in [0, 0.1) is 5.82 Å². The van der Waals surface area contributed by atoms with Gasteiger partial charge in [0, 0.05) is 10.7 Å². The molecule has 0 saturated heterocycles. The molecule has 0 radical (unpaired) electrons. The van der Waals surface area contributed by atoms with Crippen molar-refractivity contribution < 1.29 is 9.18 Å². The minimum Gasteiger partial charge on any atom is -0.325 e. The fourth-order valence-electron chi connectivity index (χ4n) is 1.87. The maximum atomic E-state index is 12.8. The third-order valence-electron chi connectivity index (χ3n) is 2.97. The van der Waals surface area contributed by atoms with Gasteiger partial charge in [0.05, 0.1) is 11.4 Å². The number of halogens is 2. The molecule has 1 amide bonds. The fraction of sp³-hybridized carbons (Fsp3) is 0.0667. The molecule has 3 aromatic rings. The maximum absolute atomic E-state index is 12.8. The molecule has 1 heterocycles. The van der Waals surface area contributed by atoms with Crippen molar-refractivity contribution in [2.45, 2.75) is 5.16 Å². The van der Waals surface area contributed by atoms with E-state index in [0.717, 1.165) is 5.69 Å². The van der Waals surface area contributed by atoms with Crippen LogP contribution in [0.15, 0.2) is 53.7 Å². The smallest absolute Gasteiger partial charge is 0.234 e. The number of hydrogen-bond acceptors (Lipinski definition) is 5. The van der Waals surface area contributed by atoms with E-state index in [4.69, 9.17) is 11.6 Å². The Bertz CT molecular complexity index is 838. The van der Waals surface area contributed by atoms with E-state index in [1.54, 1.807) is 24.3 Å². The first kappa shape index (κ1) is 16.4. The molecule has 0 aliphatic heterocycles. The van der Waals surface area contributed by atoms with E-state index in [9.17, 15) is 9.18 Å². The number of amides is 1.